The van der Waals surface area contributed by atoms with Crippen molar-refractivity contribution in [1.82, 2.24) is 0 Å². The summed E-state index contributed by atoms with van der Waals surface area (Å²) in [7, 11) is 0. The van der Waals surface area contributed by atoms with Gasteiger partial charge in [0.1, 0.15) is 0 Å². The zero-order valence-electron chi connectivity index (χ0n) is 5.27. The van der Waals surface area contributed by atoms with Crippen LogP contribution >= 0.6 is 11.8 Å². The van der Waals surface area contributed by atoms with Crippen LogP contribution in [0.4, 0.5) is 0 Å². The molecule has 1 aliphatic heterocycles. The van der Waals surface area contributed by atoms with Gasteiger partial charge in [0.05, 0.1) is 0 Å². The third-order valence-corrected chi connectivity index (χ3v) is 3.67. The predicted octanol–water partition coefficient (Wildman–Crippen LogP) is 2.42. The molecule has 0 radical (unpaired) electrons. The normalized spacial score (nSPS) is 42.8. The summed E-state index contributed by atoms with van der Waals surface area (Å²) in [5.74, 6) is 1.000. The van der Waals surface area contributed by atoms with Gasteiger partial charge >= 0.3 is 0 Å². The Morgan fingerprint density at radius 1 is 1.50 bits per heavy atom. The Bertz CT molecular complexity index is 158. The lowest BCUT2D eigenvalue weighted by molar-refractivity contribution is 1.01. The van der Waals surface area contributed by atoms with E-state index < -0.39 is 0 Å². The second-order valence-electron chi connectivity index (χ2n) is 2.74. The van der Waals surface area contributed by atoms with Gasteiger partial charge in [-0.1, -0.05) is 5.57 Å². The van der Waals surface area contributed by atoms with Gasteiger partial charge in [-0.25, -0.2) is 0 Å². The van der Waals surface area contributed by atoms with Crippen molar-refractivity contribution in [3.8, 4) is 0 Å². The summed E-state index contributed by atoms with van der Waals surface area (Å²) < 4.78 is 0. The summed E-state index contributed by atoms with van der Waals surface area (Å²) in [5.41, 5.74) is 1.67. The van der Waals surface area contributed by atoms with E-state index in [9.17, 15) is 0 Å². The number of hydrogen-bond acceptors (Lipinski definition) is 1. The highest BCUT2D eigenvalue weighted by atomic mass is 32.2. The van der Waals surface area contributed by atoms with Crippen LogP contribution in [0.2, 0.25) is 0 Å². The minimum Gasteiger partial charge on any atom is -0.127 e. The minimum absolute atomic E-state index is 1.000. The van der Waals surface area contributed by atoms with Gasteiger partial charge in [-0.15, -0.1) is 11.8 Å². The summed E-state index contributed by atoms with van der Waals surface area (Å²) in [5, 5.41) is 1.01. The molecule has 2 rings (SSSR count). The first-order valence-corrected chi connectivity index (χ1v) is 4.01. The van der Waals surface area contributed by atoms with Crippen LogP contribution in [0.1, 0.15) is 20.3 Å². The van der Waals surface area contributed by atoms with Gasteiger partial charge < -0.3 is 0 Å². The van der Waals surface area contributed by atoms with Gasteiger partial charge in [0, 0.05) is 5.25 Å². The van der Waals surface area contributed by atoms with Crippen molar-refractivity contribution in [2.24, 2.45) is 5.92 Å². The molecule has 1 unspecified atom stereocenters. The van der Waals surface area contributed by atoms with E-state index in [0.29, 0.717) is 0 Å². The fourth-order valence-corrected chi connectivity index (χ4v) is 2.80. The summed E-state index contributed by atoms with van der Waals surface area (Å²) >= 11 is 2.08. The minimum atomic E-state index is 1.000. The Morgan fingerprint density at radius 3 is 2.50 bits per heavy atom. The van der Waals surface area contributed by atoms with E-state index in [-0.39, 0.29) is 0 Å². The van der Waals surface area contributed by atoms with Crippen LogP contribution in [0.5, 0.6) is 0 Å². The highest BCUT2D eigenvalue weighted by Gasteiger charge is 2.44. The summed E-state index contributed by atoms with van der Waals surface area (Å²) in [6.45, 7) is 4.52. The molecule has 1 aliphatic carbocycles. The molecule has 0 bridgehead atoms. The second kappa shape index (κ2) is 1.32. The van der Waals surface area contributed by atoms with Gasteiger partial charge in [0.2, 0.25) is 0 Å². The van der Waals surface area contributed by atoms with Gasteiger partial charge in [0.25, 0.3) is 0 Å². The molecule has 0 saturated heterocycles. The van der Waals surface area contributed by atoms with Crippen molar-refractivity contribution in [3.63, 3.8) is 0 Å². The molecule has 0 aromatic rings. The molecule has 0 spiro atoms. The zero-order valence-corrected chi connectivity index (χ0v) is 6.09. The third-order valence-electron chi connectivity index (χ3n) is 2.17. The predicted molar refractivity (Wildman–Crippen MR) is 37.9 cm³/mol. The smallest absolute Gasteiger partial charge is 0.0163 e. The molecule has 0 aromatic heterocycles. The highest BCUT2D eigenvalue weighted by Crippen LogP contribution is 2.56. The average Bonchev–Trinajstić information content (AvgIpc) is 2.39. The Labute approximate surface area is 54.4 Å². The van der Waals surface area contributed by atoms with Crippen LogP contribution in [-0.2, 0) is 0 Å². The standard InChI is InChI=1S/C7H10S/c1-4-5(2)8-7-3-6(4)7/h6-7H,3H2,1-2H3/t6?,7-/m1/s1. The quantitative estimate of drug-likeness (QED) is 0.480. The van der Waals surface area contributed by atoms with Gasteiger partial charge in [-0.2, -0.15) is 0 Å². The largest absolute Gasteiger partial charge is 0.127 e. The van der Waals surface area contributed by atoms with Crippen molar-refractivity contribution in [2.45, 2.75) is 25.5 Å². The van der Waals surface area contributed by atoms with Gasteiger partial charge in [0.15, 0.2) is 0 Å². The molecule has 2 atom stereocenters. The molecule has 8 heavy (non-hydrogen) atoms. The molecule has 0 nitrogen and oxygen atoms in total. The van der Waals surface area contributed by atoms with E-state index in [2.05, 4.69) is 25.6 Å². The zero-order chi connectivity index (χ0) is 5.72. The lowest BCUT2D eigenvalue weighted by atomic mass is 10.2. The van der Waals surface area contributed by atoms with Crippen LogP contribution in [0.3, 0.4) is 0 Å². The van der Waals surface area contributed by atoms with Gasteiger partial charge in [-0.05, 0) is 31.1 Å². The van der Waals surface area contributed by atoms with E-state index in [0.717, 1.165) is 11.2 Å². The molecule has 1 heterocycles. The number of thioether (sulfide) groups is 1. The lowest BCUT2D eigenvalue weighted by Crippen LogP contribution is -1.74. The van der Waals surface area contributed by atoms with E-state index in [4.69, 9.17) is 0 Å². The molecule has 44 valence electrons. The molecule has 1 heteroatoms. The number of rotatable bonds is 0. The van der Waals surface area contributed by atoms with Crippen LogP contribution < -0.4 is 0 Å². The molecule has 0 N–H and O–H groups in total. The molecule has 0 amide bonds. The summed E-state index contributed by atoms with van der Waals surface area (Å²) in [6, 6.07) is 0. The SMILES string of the molecule is CC1=C(C)C2C[C@H]2S1. The van der Waals surface area contributed by atoms with Crippen LogP contribution in [-0.4, -0.2) is 5.25 Å². The fourth-order valence-electron chi connectivity index (χ4n) is 1.34. The Balaban J connectivity index is 2.30. The summed E-state index contributed by atoms with van der Waals surface area (Å²) in [6.07, 6.45) is 1.47. The maximum Gasteiger partial charge on any atom is 0.0163 e. The first kappa shape index (κ1) is 4.92. The monoisotopic (exact) mass is 126 g/mol. The molecular weight excluding hydrogens is 116 g/mol. The molecular formula is C7H10S. The maximum absolute atomic E-state index is 2.28. The van der Waals surface area contributed by atoms with E-state index in [1.807, 2.05) is 0 Å². The maximum atomic E-state index is 2.28. The van der Waals surface area contributed by atoms with Crippen LogP contribution in [0.15, 0.2) is 10.5 Å². The fraction of sp³-hybridized carbons (Fsp3) is 0.714. The molecule has 1 fully saturated rings. The van der Waals surface area contributed by atoms with E-state index >= 15 is 0 Å². The Morgan fingerprint density at radius 2 is 2.25 bits per heavy atom. The first-order valence-electron chi connectivity index (χ1n) is 3.13. The number of fused-ring (bicyclic) bond motifs is 1. The Kier molecular flexibility index (Phi) is 0.815. The van der Waals surface area contributed by atoms with E-state index in [1.165, 1.54) is 6.42 Å². The number of hydrogen-bond donors (Lipinski definition) is 0. The average molecular weight is 126 g/mol. The van der Waals surface area contributed by atoms with Gasteiger partial charge in [-0.3, -0.25) is 0 Å². The number of allylic oxidation sites excluding steroid dienone is 2. The molecule has 1 saturated carbocycles. The van der Waals surface area contributed by atoms with Crippen LogP contribution in [0.25, 0.3) is 0 Å². The highest BCUT2D eigenvalue weighted by molar-refractivity contribution is 8.04. The van der Waals surface area contributed by atoms with Crippen LogP contribution in [0, 0.1) is 5.92 Å². The topological polar surface area (TPSA) is 0 Å². The lowest BCUT2D eigenvalue weighted by Gasteiger charge is -1.94. The Hall–Kier alpha value is 0.0900. The van der Waals surface area contributed by atoms with Crippen molar-refractivity contribution in [2.75, 3.05) is 0 Å². The third kappa shape index (κ3) is 0.482. The van der Waals surface area contributed by atoms with Crippen molar-refractivity contribution >= 4 is 11.8 Å². The van der Waals surface area contributed by atoms with E-state index in [1.54, 1.807) is 10.5 Å². The van der Waals surface area contributed by atoms with Crippen molar-refractivity contribution in [1.29, 1.82) is 0 Å². The summed E-state index contributed by atoms with van der Waals surface area (Å²) in [4.78, 5) is 1.59. The second-order valence-corrected chi connectivity index (χ2v) is 4.19. The molecule has 2 aliphatic rings. The molecule has 0 aromatic carbocycles. The van der Waals surface area contributed by atoms with Crippen molar-refractivity contribution < 1.29 is 0 Å². The first-order chi connectivity index (χ1) is 3.79. The van der Waals surface area contributed by atoms with Crippen molar-refractivity contribution in [3.05, 3.63) is 10.5 Å².